The van der Waals surface area contributed by atoms with Crippen molar-refractivity contribution >= 4 is 39.9 Å². The van der Waals surface area contributed by atoms with Gasteiger partial charge in [-0.1, -0.05) is 66.7 Å². The summed E-state index contributed by atoms with van der Waals surface area (Å²) in [6.07, 6.45) is 1.78. The molecule has 7 heteroatoms. The standard InChI is InChI=1S/C31H30N4O3/c1-31(2,3)34-28(36)19-35-27-16-10-8-14-22(27)23(20-11-5-4-6-12-20)18-26(30(35)38)33-29(37)25-17-21-13-7-9-15-24(21)32-25/h4-18,26,32H,19H2,1-3H3,(H,33,37)(H,34,36). The van der Waals surface area contributed by atoms with Gasteiger partial charge in [0.2, 0.25) is 5.91 Å². The van der Waals surface area contributed by atoms with Crippen molar-refractivity contribution in [2.75, 3.05) is 11.4 Å². The Morgan fingerprint density at radius 2 is 1.61 bits per heavy atom. The molecule has 2 heterocycles. The van der Waals surface area contributed by atoms with Gasteiger partial charge >= 0.3 is 0 Å². The van der Waals surface area contributed by atoms with Gasteiger partial charge in [-0.3, -0.25) is 14.4 Å². The van der Waals surface area contributed by atoms with Crippen LogP contribution in [0.4, 0.5) is 5.69 Å². The lowest BCUT2D eigenvalue weighted by Gasteiger charge is -2.28. The number of nitrogens with one attached hydrogen (secondary N) is 3. The van der Waals surface area contributed by atoms with E-state index in [0.717, 1.165) is 27.6 Å². The second kappa shape index (κ2) is 10.0. The van der Waals surface area contributed by atoms with Crippen LogP contribution in [0.1, 0.15) is 42.4 Å². The maximum absolute atomic E-state index is 14.0. The molecule has 0 saturated heterocycles. The summed E-state index contributed by atoms with van der Waals surface area (Å²) in [4.78, 5) is 44.9. The number of para-hydroxylation sites is 2. The van der Waals surface area contributed by atoms with Crippen molar-refractivity contribution in [1.82, 2.24) is 15.6 Å². The second-order valence-electron chi connectivity index (χ2n) is 10.4. The van der Waals surface area contributed by atoms with E-state index in [1.807, 2.05) is 99.6 Å². The average molecular weight is 507 g/mol. The van der Waals surface area contributed by atoms with Crippen LogP contribution in [0.25, 0.3) is 16.5 Å². The Balaban J connectivity index is 1.56. The lowest BCUT2D eigenvalue weighted by molar-refractivity contribution is -0.125. The Kier molecular flexibility index (Phi) is 6.59. The van der Waals surface area contributed by atoms with Gasteiger partial charge in [0, 0.05) is 22.0 Å². The van der Waals surface area contributed by atoms with Crippen molar-refractivity contribution in [3.63, 3.8) is 0 Å². The molecule has 1 atom stereocenters. The average Bonchev–Trinajstić information content (AvgIpc) is 3.29. The first-order valence-corrected chi connectivity index (χ1v) is 12.6. The molecular formula is C31H30N4O3. The lowest BCUT2D eigenvalue weighted by Crippen LogP contribution is -2.52. The van der Waals surface area contributed by atoms with E-state index in [0.29, 0.717) is 11.4 Å². The zero-order valence-electron chi connectivity index (χ0n) is 21.6. The molecule has 38 heavy (non-hydrogen) atoms. The molecule has 0 spiro atoms. The van der Waals surface area contributed by atoms with Crippen LogP contribution in [0.15, 0.2) is 91.0 Å². The monoisotopic (exact) mass is 506 g/mol. The topological polar surface area (TPSA) is 94.3 Å². The van der Waals surface area contributed by atoms with Crippen LogP contribution in [0.3, 0.4) is 0 Å². The Hall–Kier alpha value is -4.65. The molecule has 1 aliphatic heterocycles. The lowest BCUT2D eigenvalue weighted by atomic mass is 9.95. The van der Waals surface area contributed by atoms with Gasteiger partial charge in [-0.15, -0.1) is 0 Å². The first kappa shape index (κ1) is 25.0. The van der Waals surface area contributed by atoms with Gasteiger partial charge in [0.25, 0.3) is 11.8 Å². The normalized spacial score (nSPS) is 15.4. The van der Waals surface area contributed by atoms with Gasteiger partial charge < -0.3 is 20.5 Å². The fourth-order valence-electron chi connectivity index (χ4n) is 4.70. The number of carbonyl (C=O) groups excluding carboxylic acids is 3. The van der Waals surface area contributed by atoms with Crippen LogP contribution in [0.5, 0.6) is 0 Å². The maximum Gasteiger partial charge on any atom is 0.268 e. The summed E-state index contributed by atoms with van der Waals surface area (Å²) >= 11 is 0. The van der Waals surface area contributed by atoms with Gasteiger partial charge in [-0.2, -0.15) is 0 Å². The van der Waals surface area contributed by atoms with Gasteiger partial charge in [0.15, 0.2) is 0 Å². The van der Waals surface area contributed by atoms with Gasteiger partial charge in [0.1, 0.15) is 18.3 Å². The third-order valence-corrected chi connectivity index (χ3v) is 6.31. The molecule has 192 valence electrons. The molecule has 3 N–H and O–H groups in total. The zero-order valence-corrected chi connectivity index (χ0v) is 21.6. The summed E-state index contributed by atoms with van der Waals surface area (Å²) in [7, 11) is 0. The van der Waals surface area contributed by atoms with Crippen molar-refractivity contribution < 1.29 is 14.4 Å². The number of H-pyrrole nitrogens is 1. The molecule has 0 saturated carbocycles. The molecule has 1 unspecified atom stereocenters. The van der Waals surface area contributed by atoms with Crippen LogP contribution < -0.4 is 15.5 Å². The number of nitrogens with zero attached hydrogens (tertiary/aromatic N) is 1. The van der Waals surface area contributed by atoms with E-state index < -0.39 is 23.4 Å². The molecule has 3 aromatic carbocycles. The highest BCUT2D eigenvalue weighted by atomic mass is 16.2. The summed E-state index contributed by atoms with van der Waals surface area (Å²) in [5.74, 6) is -1.09. The Morgan fingerprint density at radius 1 is 0.921 bits per heavy atom. The summed E-state index contributed by atoms with van der Waals surface area (Å²) in [5, 5.41) is 6.74. The number of aromatic amines is 1. The molecule has 0 radical (unpaired) electrons. The third-order valence-electron chi connectivity index (χ3n) is 6.31. The van der Waals surface area contributed by atoms with E-state index in [4.69, 9.17) is 0 Å². The highest BCUT2D eigenvalue weighted by molar-refractivity contribution is 6.10. The van der Waals surface area contributed by atoms with Crippen molar-refractivity contribution in [1.29, 1.82) is 0 Å². The molecule has 0 bridgehead atoms. The molecule has 0 fully saturated rings. The van der Waals surface area contributed by atoms with Gasteiger partial charge in [-0.05, 0) is 56.2 Å². The number of amides is 3. The highest BCUT2D eigenvalue weighted by Crippen LogP contribution is 2.35. The van der Waals surface area contributed by atoms with E-state index in [1.165, 1.54) is 4.90 Å². The van der Waals surface area contributed by atoms with Crippen LogP contribution in [0, 0.1) is 0 Å². The van der Waals surface area contributed by atoms with E-state index in [9.17, 15) is 14.4 Å². The number of hydrogen-bond acceptors (Lipinski definition) is 3. The molecule has 7 nitrogen and oxygen atoms in total. The van der Waals surface area contributed by atoms with E-state index in [-0.39, 0.29) is 12.5 Å². The molecule has 1 aliphatic rings. The van der Waals surface area contributed by atoms with Crippen molar-refractivity contribution in [3.05, 3.63) is 108 Å². The minimum Gasteiger partial charge on any atom is -0.351 e. The quantitative estimate of drug-likeness (QED) is 0.368. The van der Waals surface area contributed by atoms with E-state index >= 15 is 0 Å². The maximum atomic E-state index is 14.0. The predicted octanol–water partition coefficient (Wildman–Crippen LogP) is 4.66. The minimum absolute atomic E-state index is 0.179. The number of rotatable bonds is 5. The number of hydrogen-bond donors (Lipinski definition) is 3. The van der Waals surface area contributed by atoms with Gasteiger partial charge in [0.05, 0.1) is 5.69 Å². The number of benzene rings is 3. The summed E-state index contributed by atoms with van der Waals surface area (Å²) in [6.45, 7) is 5.49. The van der Waals surface area contributed by atoms with Crippen LogP contribution in [-0.2, 0) is 9.59 Å². The molecule has 1 aromatic heterocycles. The minimum atomic E-state index is -1.00. The molecule has 3 amide bonds. The number of fused-ring (bicyclic) bond motifs is 2. The van der Waals surface area contributed by atoms with Crippen molar-refractivity contribution in [3.8, 4) is 0 Å². The number of aromatic nitrogens is 1. The number of anilines is 1. The summed E-state index contributed by atoms with van der Waals surface area (Å²) < 4.78 is 0. The summed E-state index contributed by atoms with van der Waals surface area (Å²) in [6, 6.07) is 25.6. The van der Waals surface area contributed by atoms with Gasteiger partial charge in [-0.25, -0.2) is 0 Å². The smallest absolute Gasteiger partial charge is 0.268 e. The SMILES string of the molecule is CC(C)(C)NC(=O)CN1C(=O)C(NC(=O)c2cc3ccccc3[nH]2)C=C(c2ccccc2)c2ccccc21. The first-order valence-electron chi connectivity index (χ1n) is 12.6. The Bertz CT molecular complexity index is 1510. The fraction of sp³-hybridized carbons (Fsp3) is 0.194. The first-order chi connectivity index (χ1) is 18.2. The Labute approximate surface area is 221 Å². The Morgan fingerprint density at radius 3 is 2.34 bits per heavy atom. The number of carbonyl (C=O) groups is 3. The van der Waals surface area contributed by atoms with Crippen LogP contribution in [-0.4, -0.2) is 40.8 Å². The zero-order chi connectivity index (χ0) is 26.9. The van der Waals surface area contributed by atoms with E-state index in [2.05, 4.69) is 15.6 Å². The second-order valence-corrected chi connectivity index (χ2v) is 10.4. The van der Waals surface area contributed by atoms with Crippen molar-refractivity contribution in [2.24, 2.45) is 0 Å². The largest absolute Gasteiger partial charge is 0.351 e. The molecular weight excluding hydrogens is 476 g/mol. The third kappa shape index (κ3) is 5.22. The molecule has 0 aliphatic carbocycles. The molecule has 5 rings (SSSR count). The van der Waals surface area contributed by atoms with Crippen LogP contribution in [0.2, 0.25) is 0 Å². The van der Waals surface area contributed by atoms with Crippen molar-refractivity contribution in [2.45, 2.75) is 32.4 Å². The predicted molar refractivity (Wildman–Crippen MR) is 150 cm³/mol. The van der Waals surface area contributed by atoms with E-state index in [1.54, 1.807) is 12.1 Å². The highest BCUT2D eigenvalue weighted by Gasteiger charge is 2.33. The summed E-state index contributed by atoms with van der Waals surface area (Å²) in [5.41, 5.74) is 3.85. The fourth-order valence-corrected chi connectivity index (χ4v) is 4.70. The van der Waals surface area contributed by atoms with Crippen LogP contribution >= 0.6 is 0 Å². The molecule has 4 aromatic rings.